The summed E-state index contributed by atoms with van der Waals surface area (Å²) in [6, 6.07) is 9.22. The molecule has 1 aliphatic rings. The number of carbonyl (C=O) groups is 1. The lowest BCUT2D eigenvalue weighted by molar-refractivity contribution is -0.384. The molecule has 0 bridgehead atoms. The lowest BCUT2D eigenvalue weighted by Crippen LogP contribution is -2.28. The van der Waals surface area contributed by atoms with Crippen molar-refractivity contribution in [2.24, 2.45) is 0 Å². The summed E-state index contributed by atoms with van der Waals surface area (Å²) in [5, 5.41) is 11.6. The number of fused-ring (bicyclic) bond motifs is 1. The Hall–Kier alpha value is -2.11. The van der Waals surface area contributed by atoms with Gasteiger partial charge in [0.05, 0.1) is 20.7 Å². The van der Waals surface area contributed by atoms with E-state index in [1.807, 2.05) is 0 Å². The van der Waals surface area contributed by atoms with E-state index in [0.29, 0.717) is 34.3 Å². The van der Waals surface area contributed by atoms with Crippen molar-refractivity contribution in [1.29, 1.82) is 0 Å². The minimum Gasteiger partial charge on any atom is -0.307 e. The van der Waals surface area contributed by atoms with E-state index in [1.54, 1.807) is 18.2 Å². The number of non-ortho nitro benzene ring substituents is 1. The van der Waals surface area contributed by atoms with Gasteiger partial charge in [-0.05, 0) is 30.2 Å². The highest BCUT2D eigenvalue weighted by Crippen LogP contribution is 2.33. The van der Waals surface area contributed by atoms with Crippen LogP contribution < -0.4 is 4.90 Å². The van der Waals surface area contributed by atoms with Crippen LogP contribution in [-0.4, -0.2) is 17.4 Å². The number of nitro benzene ring substituents is 1. The summed E-state index contributed by atoms with van der Waals surface area (Å²) in [5.74, 6) is -0.252. The molecule has 0 radical (unpaired) electrons. The molecule has 0 fully saturated rings. The Bertz CT molecular complexity index is 792. The van der Waals surface area contributed by atoms with Gasteiger partial charge in [0.2, 0.25) is 0 Å². The third kappa shape index (κ3) is 2.53. The van der Waals surface area contributed by atoms with Crippen molar-refractivity contribution in [2.75, 3.05) is 11.4 Å². The van der Waals surface area contributed by atoms with Crippen molar-refractivity contribution in [3.8, 4) is 0 Å². The molecule has 3 rings (SSSR count). The third-order valence-electron chi connectivity index (χ3n) is 3.59. The van der Waals surface area contributed by atoms with Crippen LogP contribution in [0.4, 0.5) is 11.4 Å². The van der Waals surface area contributed by atoms with Crippen molar-refractivity contribution < 1.29 is 9.72 Å². The quantitative estimate of drug-likeness (QED) is 0.612. The molecular weight excluding hydrogens is 327 g/mol. The fourth-order valence-corrected chi connectivity index (χ4v) is 2.78. The van der Waals surface area contributed by atoms with Gasteiger partial charge in [-0.2, -0.15) is 0 Å². The van der Waals surface area contributed by atoms with E-state index in [0.717, 1.165) is 5.56 Å². The number of hydrogen-bond donors (Lipinski definition) is 0. The number of nitro groups is 1. The smallest absolute Gasteiger partial charge is 0.271 e. The molecule has 5 nitrogen and oxygen atoms in total. The van der Waals surface area contributed by atoms with Crippen molar-refractivity contribution in [3.63, 3.8) is 0 Å². The van der Waals surface area contributed by atoms with Gasteiger partial charge in [-0.25, -0.2) is 0 Å². The molecule has 2 aromatic rings. The lowest BCUT2D eigenvalue weighted by atomic mass is 10.1. The maximum absolute atomic E-state index is 12.6. The molecule has 7 heteroatoms. The van der Waals surface area contributed by atoms with Crippen molar-refractivity contribution in [2.45, 2.75) is 6.42 Å². The lowest BCUT2D eigenvalue weighted by Gasteiger charge is -2.17. The van der Waals surface area contributed by atoms with Crippen LogP contribution in [0.5, 0.6) is 0 Å². The van der Waals surface area contributed by atoms with Gasteiger partial charge in [0.15, 0.2) is 0 Å². The molecule has 0 spiro atoms. The first kappa shape index (κ1) is 14.8. The zero-order valence-electron chi connectivity index (χ0n) is 11.3. The second-order valence-electron chi connectivity index (χ2n) is 4.91. The minimum atomic E-state index is -0.472. The first-order valence-electron chi connectivity index (χ1n) is 6.51. The molecule has 0 atom stereocenters. The van der Waals surface area contributed by atoms with Crippen molar-refractivity contribution in [3.05, 3.63) is 67.7 Å². The van der Waals surface area contributed by atoms with E-state index in [2.05, 4.69) is 0 Å². The molecule has 22 heavy (non-hydrogen) atoms. The van der Waals surface area contributed by atoms with Gasteiger partial charge in [0.25, 0.3) is 11.6 Å². The molecule has 0 aliphatic carbocycles. The summed E-state index contributed by atoms with van der Waals surface area (Å²) in [5.41, 5.74) is 1.85. The number of amides is 1. The highest BCUT2D eigenvalue weighted by molar-refractivity contribution is 6.42. The predicted molar refractivity (Wildman–Crippen MR) is 84.9 cm³/mol. The standard InChI is InChI=1S/C15H10Cl2N2O3/c16-12-4-2-10(7-13(12)17)15(20)18-6-5-9-1-3-11(19(21)22)8-14(9)18/h1-4,7-8H,5-6H2. The number of carbonyl (C=O) groups excluding carboxylic acids is 1. The molecule has 1 amide bonds. The van der Waals surface area contributed by atoms with Gasteiger partial charge in [0, 0.05) is 24.2 Å². The van der Waals surface area contributed by atoms with Crippen molar-refractivity contribution >= 4 is 40.5 Å². The Kier molecular flexibility index (Phi) is 3.76. The molecule has 0 unspecified atom stereocenters. The number of nitrogens with zero attached hydrogens (tertiary/aromatic N) is 2. The van der Waals surface area contributed by atoms with E-state index < -0.39 is 4.92 Å². The Morgan fingerprint density at radius 3 is 2.59 bits per heavy atom. The third-order valence-corrected chi connectivity index (χ3v) is 4.33. The van der Waals surface area contributed by atoms with Crippen LogP contribution in [0.1, 0.15) is 15.9 Å². The van der Waals surface area contributed by atoms with Crippen LogP contribution in [0.3, 0.4) is 0 Å². The zero-order chi connectivity index (χ0) is 15.9. The van der Waals surface area contributed by atoms with Gasteiger partial charge in [-0.3, -0.25) is 14.9 Å². The summed E-state index contributed by atoms with van der Waals surface area (Å²) in [6.07, 6.45) is 0.667. The Labute approximate surface area is 136 Å². The zero-order valence-corrected chi connectivity index (χ0v) is 12.8. The Morgan fingerprint density at radius 2 is 1.91 bits per heavy atom. The number of anilines is 1. The Morgan fingerprint density at radius 1 is 1.14 bits per heavy atom. The molecule has 2 aromatic carbocycles. The van der Waals surface area contributed by atoms with Crippen LogP contribution >= 0.6 is 23.2 Å². The highest BCUT2D eigenvalue weighted by atomic mass is 35.5. The fourth-order valence-electron chi connectivity index (χ4n) is 2.48. The van der Waals surface area contributed by atoms with Crippen LogP contribution in [-0.2, 0) is 6.42 Å². The topological polar surface area (TPSA) is 63.5 Å². The first-order valence-corrected chi connectivity index (χ1v) is 7.27. The molecule has 112 valence electrons. The predicted octanol–water partition coefficient (Wildman–Crippen LogP) is 4.10. The van der Waals surface area contributed by atoms with E-state index in [1.165, 1.54) is 23.1 Å². The normalized spacial score (nSPS) is 13.1. The minimum absolute atomic E-state index is 0.0346. The fraction of sp³-hybridized carbons (Fsp3) is 0.133. The number of benzene rings is 2. The Balaban J connectivity index is 1.98. The second kappa shape index (κ2) is 5.59. The molecule has 0 aromatic heterocycles. The van der Waals surface area contributed by atoms with Crippen LogP contribution in [0.15, 0.2) is 36.4 Å². The van der Waals surface area contributed by atoms with E-state index in [9.17, 15) is 14.9 Å². The maximum Gasteiger partial charge on any atom is 0.271 e. The van der Waals surface area contributed by atoms with Gasteiger partial charge in [-0.15, -0.1) is 0 Å². The highest BCUT2D eigenvalue weighted by Gasteiger charge is 2.27. The maximum atomic E-state index is 12.6. The first-order chi connectivity index (χ1) is 10.5. The average molecular weight is 337 g/mol. The average Bonchev–Trinajstić information content (AvgIpc) is 2.92. The molecule has 1 heterocycles. The van der Waals surface area contributed by atoms with Crippen LogP contribution in [0, 0.1) is 10.1 Å². The largest absolute Gasteiger partial charge is 0.307 e. The van der Waals surface area contributed by atoms with E-state index >= 15 is 0 Å². The SMILES string of the molecule is O=C(c1ccc(Cl)c(Cl)c1)N1CCc2ccc([N+](=O)[O-])cc21. The number of hydrogen-bond acceptors (Lipinski definition) is 3. The second-order valence-corrected chi connectivity index (χ2v) is 5.72. The molecule has 0 saturated heterocycles. The van der Waals surface area contributed by atoms with Crippen LogP contribution in [0.2, 0.25) is 10.0 Å². The molecular formula is C15H10Cl2N2O3. The molecule has 1 aliphatic heterocycles. The monoisotopic (exact) mass is 336 g/mol. The van der Waals surface area contributed by atoms with E-state index in [-0.39, 0.29) is 11.6 Å². The van der Waals surface area contributed by atoms with Gasteiger partial charge >= 0.3 is 0 Å². The van der Waals surface area contributed by atoms with Crippen molar-refractivity contribution in [1.82, 2.24) is 0 Å². The summed E-state index contributed by atoms with van der Waals surface area (Å²) < 4.78 is 0. The molecule has 0 saturated carbocycles. The van der Waals surface area contributed by atoms with Gasteiger partial charge in [-0.1, -0.05) is 29.3 Å². The van der Waals surface area contributed by atoms with Gasteiger partial charge in [0.1, 0.15) is 0 Å². The molecule has 0 N–H and O–H groups in total. The van der Waals surface area contributed by atoms with E-state index in [4.69, 9.17) is 23.2 Å². The number of rotatable bonds is 2. The van der Waals surface area contributed by atoms with Gasteiger partial charge < -0.3 is 4.90 Å². The summed E-state index contributed by atoms with van der Waals surface area (Å²) >= 11 is 11.8. The number of halogens is 2. The summed E-state index contributed by atoms with van der Waals surface area (Å²) in [6.45, 7) is 0.482. The van der Waals surface area contributed by atoms with Crippen LogP contribution in [0.25, 0.3) is 0 Å². The summed E-state index contributed by atoms with van der Waals surface area (Å²) in [4.78, 5) is 24.6. The summed E-state index contributed by atoms with van der Waals surface area (Å²) in [7, 11) is 0.